The van der Waals surface area contributed by atoms with E-state index in [4.69, 9.17) is 5.26 Å². The van der Waals surface area contributed by atoms with E-state index in [9.17, 15) is 31.9 Å². The highest BCUT2D eigenvalue weighted by molar-refractivity contribution is 5.90. The van der Waals surface area contributed by atoms with E-state index < -0.39 is 67.6 Å². The van der Waals surface area contributed by atoms with Gasteiger partial charge < -0.3 is 15.3 Å². The van der Waals surface area contributed by atoms with E-state index in [1.807, 2.05) is 0 Å². The van der Waals surface area contributed by atoms with Gasteiger partial charge in [0.05, 0.1) is 23.7 Å². The number of likely N-dealkylation sites (tertiary alicyclic amines) is 1. The summed E-state index contributed by atoms with van der Waals surface area (Å²) in [6, 6.07) is 3.58. The Kier molecular flexibility index (Phi) is 4.54. The van der Waals surface area contributed by atoms with Crippen LogP contribution in [0.2, 0.25) is 0 Å². The first-order chi connectivity index (χ1) is 12.5. The van der Waals surface area contributed by atoms with Gasteiger partial charge in [0.25, 0.3) is 5.92 Å². The number of hydrogen-bond acceptors (Lipinski definition) is 3. The number of aliphatic hydroxyl groups excluding tert-OH is 1. The molecule has 0 aromatic heterocycles. The fourth-order valence-corrected chi connectivity index (χ4v) is 3.78. The number of carbonyl (C=O) groups excluding carboxylic acids is 1. The maximum atomic E-state index is 14.1. The molecule has 1 aliphatic carbocycles. The highest BCUT2D eigenvalue weighted by atomic mass is 19.3. The zero-order valence-electron chi connectivity index (χ0n) is 14.0. The lowest BCUT2D eigenvalue weighted by Crippen LogP contribution is -2.57. The molecule has 1 saturated heterocycles. The average molecular weight is 389 g/mol. The average Bonchev–Trinajstić information content (AvgIpc) is 2.78. The van der Waals surface area contributed by atoms with Crippen molar-refractivity contribution in [3.05, 3.63) is 29.6 Å². The maximum Gasteiger partial charge on any atom is 0.322 e. The summed E-state index contributed by atoms with van der Waals surface area (Å²) in [4.78, 5) is 13.2. The quantitative estimate of drug-likeness (QED) is 0.722. The molecule has 0 bridgehead atoms. The molecule has 5 nitrogen and oxygen atoms in total. The first-order valence-electron chi connectivity index (χ1n) is 8.22. The molecule has 27 heavy (non-hydrogen) atoms. The number of nitrogens with one attached hydrogen (secondary N) is 1. The Labute approximate surface area is 151 Å². The lowest BCUT2D eigenvalue weighted by Gasteiger charge is -2.44. The molecular weight excluding hydrogens is 373 g/mol. The molecule has 1 heterocycles. The van der Waals surface area contributed by atoms with Crippen molar-refractivity contribution in [2.45, 2.75) is 49.2 Å². The molecule has 1 atom stereocenters. The second-order valence-corrected chi connectivity index (χ2v) is 6.98. The van der Waals surface area contributed by atoms with Crippen molar-refractivity contribution in [1.82, 2.24) is 4.90 Å². The molecule has 2 aliphatic rings. The number of urea groups is 1. The first-order valence-corrected chi connectivity index (χ1v) is 8.22. The summed E-state index contributed by atoms with van der Waals surface area (Å²) >= 11 is 0. The number of nitriles is 1. The van der Waals surface area contributed by atoms with Gasteiger partial charge in [-0.3, -0.25) is 0 Å². The highest BCUT2D eigenvalue weighted by Crippen LogP contribution is 2.51. The lowest BCUT2D eigenvalue weighted by molar-refractivity contribution is -0.126. The maximum absolute atomic E-state index is 14.1. The van der Waals surface area contributed by atoms with Crippen molar-refractivity contribution < 1.29 is 31.9 Å². The van der Waals surface area contributed by atoms with Crippen molar-refractivity contribution >= 4 is 11.7 Å². The highest BCUT2D eigenvalue weighted by Gasteiger charge is 2.66. The number of alkyl halides is 4. The first kappa shape index (κ1) is 19.4. The zero-order valence-corrected chi connectivity index (χ0v) is 14.0. The lowest BCUT2D eigenvalue weighted by atomic mass is 9.76. The number of aliphatic hydroxyl groups is 1. The Balaban J connectivity index is 1.88. The number of anilines is 1. The van der Waals surface area contributed by atoms with Crippen LogP contribution in [0.5, 0.6) is 0 Å². The van der Waals surface area contributed by atoms with Crippen LogP contribution in [0, 0.1) is 17.1 Å². The SMILES string of the molecule is N#Cc1cc(F)cc(NC(=O)N2CC(F)(F)C(O)C23CCC(F)(F)CC3)c1. The largest absolute Gasteiger partial charge is 0.384 e. The Morgan fingerprint density at radius 1 is 1.19 bits per heavy atom. The van der Waals surface area contributed by atoms with E-state index in [-0.39, 0.29) is 11.3 Å². The second kappa shape index (κ2) is 6.34. The molecule has 1 aromatic rings. The van der Waals surface area contributed by atoms with Crippen molar-refractivity contribution in [1.29, 1.82) is 5.26 Å². The van der Waals surface area contributed by atoms with Gasteiger partial charge in [0, 0.05) is 18.5 Å². The van der Waals surface area contributed by atoms with E-state index in [1.165, 1.54) is 0 Å². The van der Waals surface area contributed by atoms with Crippen LogP contribution in [-0.4, -0.2) is 46.1 Å². The van der Waals surface area contributed by atoms with Gasteiger partial charge in [0.1, 0.15) is 11.9 Å². The molecule has 1 aliphatic heterocycles. The van der Waals surface area contributed by atoms with Crippen LogP contribution < -0.4 is 5.32 Å². The molecule has 2 N–H and O–H groups in total. The van der Waals surface area contributed by atoms with E-state index in [0.29, 0.717) is 4.90 Å². The third kappa shape index (κ3) is 3.43. The predicted octanol–water partition coefficient (Wildman–Crippen LogP) is 3.49. The third-order valence-electron chi connectivity index (χ3n) is 5.19. The minimum Gasteiger partial charge on any atom is -0.384 e. The molecule has 1 spiro atoms. The molecule has 0 radical (unpaired) electrons. The van der Waals surface area contributed by atoms with E-state index >= 15 is 0 Å². The van der Waals surface area contributed by atoms with Crippen LogP contribution in [0.4, 0.5) is 32.4 Å². The standard InChI is InChI=1S/C17H16F5N3O2/c18-11-5-10(8-23)6-12(7-11)24-14(27)25-9-17(21,22)13(26)15(25)1-3-16(19,20)4-2-15/h5-7,13,26H,1-4,9H2,(H,24,27). The van der Waals surface area contributed by atoms with Crippen LogP contribution >= 0.6 is 0 Å². The Bertz CT molecular complexity index is 798. The molecule has 10 heteroatoms. The summed E-state index contributed by atoms with van der Waals surface area (Å²) < 4.78 is 68.8. The van der Waals surface area contributed by atoms with Crippen LogP contribution in [0.25, 0.3) is 0 Å². The molecule has 2 fully saturated rings. The molecule has 3 rings (SSSR count). The summed E-state index contributed by atoms with van der Waals surface area (Å²) in [6.07, 6.45) is -4.73. The van der Waals surface area contributed by atoms with Crippen LogP contribution in [0.3, 0.4) is 0 Å². The number of carbonyl (C=O) groups is 1. The minimum atomic E-state index is -3.66. The van der Waals surface area contributed by atoms with Gasteiger partial charge in [-0.2, -0.15) is 5.26 Å². The van der Waals surface area contributed by atoms with Gasteiger partial charge in [-0.1, -0.05) is 0 Å². The molecule has 2 amide bonds. The van der Waals surface area contributed by atoms with Gasteiger partial charge in [0.2, 0.25) is 5.92 Å². The monoisotopic (exact) mass is 389 g/mol. The third-order valence-corrected chi connectivity index (χ3v) is 5.19. The van der Waals surface area contributed by atoms with E-state index in [2.05, 4.69) is 5.32 Å². The summed E-state index contributed by atoms with van der Waals surface area (Å²) in [7, 11) is 0. The Morgan fingerprint density at radius 3 is 2.41 bits per heavy atom. The van der Waals surface area contributed by atoms with Gasteiger partial charge in [-0.25, -0.2) is 26.7 Å². The van der Waals surface area contributed by atoms with Gasteiger partial charge >= 0.3 is 6.03 Å². The smallest absolute Gasteiger partial charge is 0.322 e. The van der Waals surface area contributed by atoms with E-state index in [1.54, 1.807) is 6.07 Å². The van der Waals surface area contributed by atoms with Crippen LogP contribution in [0.1, 0.15) is 31.2 Å². The summed E-state index contributed by atoms with van der Waals surface area (Å²) in [5.74, 6) is -7.53. The number of halogens is 5. The number of nitrogens with zero attached hydrogens (tertiary/aromatic N) is 2. The molecule has 1 aromatic carbocycles. The van der Waals surface area contributed by atoms with Crippen molar-refractivity contribution in [2.75, 3.05) is 11.9 Å². The van der Waals surface area contributed by atoms with Crippen molar-refractivity contribution in [3.8, 4) is 6.07 Å². The van der Waals surface area contributed by atoms with Gasteiger partial charge in [0.15, 0.2) is 0 Å². The van der Waals surface area contributed by atoms with Crippen LogP contribution in [-0.2, 0) is 0 Å². The molecule has 1 saturated carbocycles. The number of hydrogen-bond donors (Lipinski definition) is 2. The summed E-state index contributed by atoms with van der Waals surface area (Å²) in [5, 5.41) is 21.1. The Morgan fingerprint density at radius 2 is 1.81 bits per heavy atom. The van der Waals surface area contributed by atoms with Gasteiger partial charge in [-0.05, 0) is 31.0 Å². The molecule has 146 valence electrons. The fraction of sp³-hybridized carbons (Fsp3) is 0.529. The van der Waals surface area contributed by atoms with Crippen molar-refractivity contribution in [2.24, 2.45) is 0 Å². The second-order valence-electron chi connectivity index (χ2n) is 6.98. The van der Waals surface area contributed by atoms with Crippen LogP contribution in [0.15, 0.2) is 18.2 Å². The topological polar surface area (TPSA) is 76.4 Å². The van der Waals surface area contributed by atoms with Gasteiger partial charge in [-0.15, -0.1) is 0 Å². The summed E-state index contributed by atoms with van der Waals surface area (Å²) in [5.41, 5.74) is -2.07. The molecule has 1 unspecified atom stereocenters. The number of amides is 2. The van der Waals surface area contributed by atoms with Crippen molar-refractivity contribution in [3.63, 3.8) is 0 Å². The fourth-order valence-electron chi connectivity index (χ4n) is 3.78. The number of benzene rings is 1. The Hall–Kier alpha value is -2.41. The number of rotatable bonds is 1. The minimum absolute atomic E-state index is 0.0934. The van der Waals surface area contributed by atoms with E-state index in [0.717, 1.165) is 18.2 Å². The predicted molar refractivity (Wildman–Crippen MR) is 83.9 cm³/mol. The normalized spacial score (nSPS) is 25.2. The molecular formula is C17H16F5N3O2. The zero-order chi connectivity index (χ0) is 20.0. The summed E-state index contributed by atoms with van der Waals surface area (Å²) in [6.45, 7) is -1.15.